The van der Waals surface area contributed by atoms with E-state index < -0.39 is 9.84 Å². The van der Waals surface area contributed by atoms with E-state index in [-0.39, 0.29) is 18.2 Å². The van der Waals surface area contributed by atoms with Crippen molar-refractivity contribution in [2.75, 3.05) is 6.26 Å². The Balaban J connectivity index is 1.81. The number of hydrogen-bond acceptors (Lipinski definition) is 4. The second-order valence-corrected chi connectivity index (χ2v) is 8.08. The molecule has 7 heteroatoms. The number of benzene rings is 2. The first kappa shape index (κ1) is 17.2. The highest BCUT2D eigenvalue weighted by atomic mass is 32.2. The van der Waals surface area contributed by atoms with Crippen LogP contribution < -0.4 is 5.32 Å². The van der Waals surface area contributed by atoms with Gasteiger partial charge in [-0.2, -0.15) is 0 Å². The summed E-state index contributed by atoms with van der Waals surface area (Å²) >= 11 is 0. The largest absolute Gasteiger partial charge is 0.350 e. The summed E-state index contributed by atoms with van der Waals surface area (Å²) in [5.74, 6) is -0.0199. The Morgan fingerprint density at radius 2 is 1.76 bits per heavy atom. The van der Waals surface area contributed by atoms with Crippen molar-refractivity contribution >= 4 is 26.8 Å². The zero-order chi connectivity index (χ0) is 17.9. The van der Waals surface area contributed by atoms with E-state index in [0.29, 0.717) is 17.9 Å². The molecule has 1 N–H and O–H groups in total. The highest BCUT2D eigenvalue weighted by Gasteiger charge is 2.17. The van der Waals surface area contributed by atoms with Crippen LogP contribution in [0.3, 0.4) is 0 Å². The fourth-order valence-electron chi connectivity index (χ4n) is 2.64. The van der Waals surface area contributed by atoms with Crippen LogP contribution in [0.5, 0.6) is 0 Å². The van der Waals surface area contributed by atoms with E-state index in [9.17, 15) is 13.2 Å². The van der Waals surface area contributed by atoms with Crippen LogP contribution in [0, 0.1) is 0 Å². The molecule has 0 atom stereocenters. The van der Waals surface area contributed by atoms with E-state index in [1.165, 1.54) is 0 Å². The molecular formula is C18H19N3O3S. The summed E-state index contributed by atoms with van der Waals surface area (Å²) in [5, 5.41) is 2.85. The smallest absolute Gasteiger partial charge is 0.240 e. The Morgan fingerprint density at radius 3 is 2.48 bits per heavy atom. The molecule has 130 valence electrons. The van der Waals surface area contributed by atoms with Crippen molar-refractivity contribution in [3.63, 3.8) is 0 Å². The lowest BCUT2D eigenvalue weighted by molar-refractivity contribution is -0.121. The molecule has 0 saturated heterocycles. The Labute approximate surface area is 146 Å². The van der Waals surface area contributed by atoms with Crippen LogP contribution in [0.1, 0.15) is 11.4 Å². The highest BCUT2D eigenvalue weighted by Crippen LogP contribution is 2.17. The quantitative estimate of drug-likeness (QED) is 0.730. The van der Waals surface area contributed by atoms with Crippen molar-refractivity contribution in [2.45, 2.75) is 18.8 Å². The molecule has 0 unspecified atom stereocenters. The van der Waals surface area contributed by atoms with Gasteiger partial charge in [0.2, 0.25) is 5.91 Å². The normalized spacial score (nSPS) is 11.6. The number of hydrogen-bond donors (Lipinski definition) is 1. The lowest BCUT2D eigenvalue weighted by Gasteiger charge is -2.10. The number of carbonyl (C=O) groups is 1. The van der Waals surface area contributed by atoms with Crippen molar-refractivity contribution in [3.05, 3.63) is 66.0 Å². The minimum Gasteiger partial charge on any atom is -0.350 e. The van der Waals surface area contributed by atoms with E-state index in [4.69, 9.17) is 0 Å². The predicted octanol–water partition coefficient (Wildman–Crippen LogP) is 1.90. The van der Waals surface area contributed by atoms with Gasteiger partial charge < -0.3 is 9.88 Å². The molecule has 1 heterocycles. The van der Waals surface area contributed by atoms with Crippen molar-refractivity contribution in [2.24, 2.45) is 0 Å². The maximum atomic E-state index is 12.3. The van der Waals surface area contributed by atoms with Crippen molar-refractivity contribution in [1.82, 2.24) is 14.9 Å². The third-order valence-electron chi connectivity index (χ3n) is 3.76. The molecule has 0 bridgehead atoms. The number of amides is 1. The Morgan fingerprint density at radius 1 is 1.08 bits per heavy atom. The molecular weight excluding hydrogens is 338 g/mol. The maximum absolute atomic E-state index is 12.3. The van der Waals surface area contributed by atoms with E-state index in [2.05, 4.69) is 10.3 Å². The molecule has 0 aliphatic rings. The summed E-state index contributed by atoms with van der Waals surface area (Å²) in [5.41, 5.74) is 2.43. The summed E-state index contributed by atoms with van der Waals surface area (Å²) < 4.78 is 25.0. The zero-order valence-electron chi connectivity index (χ0n) is 13.8. The van der Waals surface area contributed by atoms with Crippen LogP contribution >= 0.6 is 0 Å². The summed E-state index contributed by atoms with van der Waals surface area (Å²) in [6, 6.07) is 16.9. The summed E-state index contributed by atoms with van der Waals surface area (Å²) in [6.07, 6.45) is 1.16. The molecule has 3 aromatic rings. The number of para-hydroxylation sites is 2. The number of aromatic nitrogens is 2. The molecule has 3 rings (SSSR count). The van der Waals surface area contributed by atoms with Crippen LogP contribution in [0.15, 0.2) is 54.6 Å². The second-order valence-electron chi connectivity index (χ2n) is 5.94. The first-order valence-electron chi connectivity index (χ1n) is 7.85. The fraction of sp³-hybridized carbons (Fsp3) is 0.222. The van der Waals surface area contributed by atoms with E-state index >= 15 is 0 Å². The lowest BCUT2D eigenvalue weighted by atomic mass is 10.2. The van der Waals surface area contributed by atoms with Crippen LogP contribution in [0.4, 0.5) is 0 Å². The van der Waals surface area contributed by atoms with E-state index in [1.54, 1.807) is 10.6 Å². The number of nitrogens with zero attached hydrogens (tertiary/aromatic N) is 2. The molecule has 0 fully saturated rings. The zero-order valence-corrected chi connectivity index (χ0v) is 14.7. The number of fused-ring (bicyclic) bond motifs is 1. The van der Waals surface area contributed by atoms with Crippen LogP contribution in [0.2, 0.25) is 0 Å². The fourth-order valence-corrected chi connectivity index (χ4v) is 3.33. The van der Waals surface area contributed by atoms with Gasteiger partial charge in [-0.05, 0) is 17.7 Å². The third kappa shape index (κ3) is 4.45. The molecule has 25 heavy (non-hydrogen) atoms. The van der Waals surface area contributed by atoms with Gasteiger partial charge in [0.15, 0.2) is 9.84 Å². The Hall–Kier alpha value is -2.67. The molecule has 2 aromatic carbocycles. The topological polar surface area (TPSA) is 81.1 Å². The Bertz CT molecular complexity index is 995. The van der Waals surface area contributed by atoms with Gasteiger partial charge in [0.1, 0.15) is 18.1 Å². The first-order chi connectivity index (χ1) is 11.9. The van der Waals surface area contributed by atoms with E-state index in [1.807, 2.05) is 48.5 Å². The van der Waals surface area contributed by atoms with Crippen LogP contribution in [-0.4, -0.2) is 30.1 Å². The van der Waals surface area contributed by atoms with Crippen molar-refractivity contribution in [3.8, 4) is 0 Å². The average molecular weight is 357 g/mol. The molecule has 6 nitrogen and oxygen atoms in total. The Kier molecular flexibility index (Phi) is 4.85. The van der Waals surface area contributed by atoms with Gasteiger partial charge in [0, 0.05) is 12.8 Å². The second kappa shape index (κ2) is 7.06. The minimum atomic E-state index is -3.25. The van der Waals surface area contributed by atoms with Gasteiger partial charge in [0.05, 0.1) is 11.0 Å². The van der Waals surface area contributed by atoms with Crippen LogP contribution in [-0.2, 0) is 33.5 Å². The molecule has 0 radical (unpaired) electrons. The number of sulfone groups is 1. The lowest BCUT2D eigenvalue weighted by Crippen LogP contribution is -2.28. The maximum Gasteiger partial charge on any atom is 0.240 e. The molecule has 0 aliphatic heterocycles. The summed E-state index contributed by atoms with van der Waals surface area (Å²) in [6.45, 7) is 0.450. The van der Waals surface area contributed by atoms with Crippen molar-refractivity contribution in [1.29, 1.82) is 0 Å². The number of nitrogens with one attached hydrogen (secondary N) is 1. The van der Waals surface area contributed by atoms with Gasteiger partial charge in [-0.3, -0.25) is 4.79 Å². The monoisotopic (exact) mass is 357 g/mol. The minimum absolute atomic E-state index is 0.0260. The first-order valence-corrected chi connectivity index (χ1v) is 9.91. The summed E-state index contributed by atoms with van der Waals surface area (Å²) in [7, 11) is -3.25. The van der Waals surface area contributed by atoms with Crippen LogP contribution in [0.25, 0.3) is 11.0 Å². The number of rotatable bonds is 6. The number of carbonyl (C=O) groups excluding carboxylic acids is 1. The van der Waals surface area contributed by atoms with Gasteiger partial charge in [-0.25, -0.2) is 13.4 Å². The van der Waals surface area contributed by atoms with Crippen molar-refractivity contribution < 1.29 is 13.2 Å². The molecule has 1 aromatic heterocycles. The third-order valence-corrected chi connectivity index (χ3v) is 4.54. The van der Waals surface area contributed by atoms with Gasteiger partial charge in [-0.15, -0.1) is 0 Å². The molecule has 0 aliphatic carbocycles. The van der Waals surface area contributed by atoms with Gasteiger partial charge >= 0.3 is 0 Å². The molecule has 0 saturated carbocycles. The summed E-state index contributed by atoms with van der Waals surface area (Å²) in [4.78, 5) is 16.7. The number of imidazole rings is 1. The standard InChI is InChI=1S/C18H19N3O3S/c1-25(23,24)13-17-20-15-9-5-6-10-16(15)21(17)12-18(22)19-11-14-7-3-2-4-8-14/h2-10H,11-13H2,1H3,(H,19,22). The molecule has 0 spiro atoms. The van der Waals surface area contributed by atoms with E-state index in [0.717, 1.165) is 17.3 Å². The van der Waals surface area contributed by atoms with Gasteiger partial charge in [-0.1, -0.05) is 42.5 Å². The average Bonchev–Trinajstić information content (AvgIpc) is 2.89. The highest BCUT2D eigenvalue weighted by molar-refractivity contribution is 7.89. The predicted molar refractivity (Wildman–Crippen MR) is 96.6 cm³/mol. The molecule has 1 amide bonds. The SMILES string of the molecule is CS(=O)(=O)Cc1nc2ccccc2n1CC(=O)NCc1ccccc1. The van der Waals surface area contributed by atoms with Gasteiger partial charge in [0.25, 0.3) is 0 Å².